The van der Waals surface area contributed by atoms with Gasteiger partial charge in [-0.15, -0.1) is 0 Å². The Hall–Kier alpha value is -3.83. The number of carbonyl (C=O) groups excluding carboxylic acids is 1. The molecule has 1 aliphatic heterocycles. The highest BCUT2D eigenvalue weighted by atomic mass is 16.5. The van der Waals surface area contributed by atoms with E-state index in [1.165, 1.54) is 0 Å². The van der Waals surface area contributed by atoms with E-state index in [-0.39, 0.29) is 5.97 Å². The molecule has 1 aliphatic rings. The minimum atomic E-state index is -0.948. The number of methoxy groups -OCH3 is 1. The molecular weight excluding hydrogens is 412 g/mol. The number of hydrogen-bond acceptors (Lipinski definition) is 4. The maximum Gasteiger partial charge on any atom is 0.339 e. The first kappa shape index (κ1) is 21.0. The fraction of sp³-hybridized carbons (Fsp3) is 0.179. The molecule has 0 saturated heterocycles. The highest BCUT2D eigenvalue weighted by Gasteiger charge is 2.48. The first-order chi connectivity index (χ1) is 16.2. The summed E-state index contributed by atoms with van der Waals surface area (Å²) in [5, 5.41) is 0. The van der Waals surface area contributed by atoms with Gasteiger partial charge in [-0.3, -0.25) is 0 Å². The number of para-hydroxylation sites is 2. The number of carbonyl (C=O) groups is 1. The fourth-order valence-electron chi connectivity index (χ4n) is 4.72. The quantitative estimate of drug-likeness (QED) is 0.372. The summed E-state index contributed by atoms with van der Waals surface area (Å²) in [5.41, 5.74) is 4.56. The van der Waals surface area contributed by atoms with E-state index in [0.29, 0.717) is 18.7 Å². The standard InChI is InChI=1S/C28H26N2O3/c1-3-33-27(31)22-18-26-28(32-2,23-14-8-5-9-15-23)30(19-21-12-6-4-7-13-21)25-17-11-10-16-24(25)29(26)20-22/h4-18,20H,3,19H2,1-2H3. The van der Waals surface area contributed by atoms with E-state index >= 15 is 0 Å². The molecule has 0 spiro atoms. The molecule has 4 aromatic rings. The molecule has 3 aromatic carbocycles. The summed E-state index contributed by atoms with van der Waals surface area (Å²) < 4.78 is 13.8. The number of fused-ring (bicyclic) bond motifs is 3. The van der Waals surface area contributed by atoms with Gasteiger partial charge in [0.2, 0.25) is 5.72 Å². The maximum atomic E-state index is 12.7. The van der Waals surface area contributed by atoms with Crippen molar-refractivity contribution >= 4 is 11.7 Å². The number of nitrogens with zero attached hydrogens (tertiary/aromatic N) is 2. The average molecular weight is 439 g/mol. The fourth-order valence-corrected chi connectivity index (χ4v) is 4.72. The zero-order chi connectivity index (χ0) is 22.8. The largest absolute Gasteiger partial charge is 0.462 e. The lowest BCUT2D eigenvalue weighted by atomic mass is 9.92. The van der Waals surface area contributed by atoms with Gasteiger partial charge in [0.1, 0.15) is 0 Å². The van der Waals surface area contributed by atoms with Gasteiger partial charge in [0, 0.05) is 25.4 Å². The van der Waals surface area contributed by atoms with Gasteiger partial charge in [0.25, 0.3) is 0 Å². The molecule has 33 heavy (non-hydrogen) atoms. The van der Waals surface area contributed by atoms with E-state index in [1.807, 2.05) is 67.7 Å². The lowest BCUT2D eigenvalue weighted by molar-refractivity contribution is 0.00979. The molecule has 0 aliphatic carbocycles. The highest BCUT2D eigenvalue weighted by Crippen LogP contribution is 2.48. The molecule has 5 heteroatoms. The molecule has 0 saturated carbocycles. The van der Waals surface area contributed by atoms with Crippen molar-refractivity contribution in [3.05, 3.63) is 120 Å². The van der Waals surface area contributed by atoms with E-state index in [9.17, 15) is 4.79 Å². The van der Waals surface area contributed by atoms with Crippen molar-refractivity contribution in [3.8, 4) is 5.69 Å². The molecular formula is C28H26N2O3. The Morgan fingerprint density at radius 3 is 2.18 bits per heavy atom. The minimum absolute atomic E-state index is 0.324. The second-order valence-electron chi connectivity index (χ2n) is 7.98. The van der Waals surface area contributed by atoms with E-state index in [2.05, 4.69) is 45.9 Å². The summed E-state index contributed by atoms with van der Waals surface area (Å²) in [6.45, 7) is 2.76. The zero-order valence-electron chi connectivity index (χ0n) is 18.8. The smallest absolute Gasteiger partial charge is 0.339 e. The van der Waals surface area contributed by atoms with Crippen LogP contribution in [0.3, 0.4) is 0 Å². The molecule has 2 heterocycles. The topological polar surface area (TPSA) is 43.7 Å². The van der Waals surface area contributed by atoms with Crippen LogP contribution in [0, 0.1) is 0 Å². The summed E-state index contributed by atoms with van der Waals surface area (Å²) in [6, 6.07) is 30.6. The molecule has 1 unspecified atom stereocenters. The number of ether oxygens (including phenoxy) is 2. The third-order valence-electron chi connectivity index (χ3n) is 6.13. The Labute approximate surface area is 193 Å². The summed E-state index contributed by atoms with van der Waals surface area (Å²) in [4.78, 5) is 15.0. The van der Waals surface area contributed by atoms with E-state index in [4.69, 9.17) is 9.47 Å². The summed E-state index contributed by atoms with van der Waals surface area (Å²) in [6.07, 6.45) is 1.85. The van der Waals surface area contributed by atoms with E-state index in [0.717, 1.165) is 28.2 Å². The van der Waals surface area contributed by atoms with Crippen molar-refractivity contribution in [1.82, 2.24) is 4.57 Å². The van der Waals surface area contributed by atoms with Gasteiger partial charge in [0.15, 0.2) is 0 Å². The van der Waals surface area contributed by atoms with Crippen molar-refractivity contribution in [1.29, 1.82) is 0 Å². The second kappa shape index (κ2) is 8.60. The van der Waals surface area contributed by atoms with Crippen LogP contribution >= 0.6 is 0 Å². The minimum Gasteiger partial charge on any atom is -0.462 e. The van der Waals surface area contributed by atoms with E-state index < -0.39 is 5.72 Å². The number of esters is 1. The molecule has 0 fully saturated rings. The SMILES string of the molecule is CCOC(=O)c1cc2n(c1)-c1ccccc1N(Cc1ccccc1)C2(OC)c1ccccc1. The molecule has 0 radical (unpaired) electrons. The number of aromatic nitrogens is 1. The van der Waals surface area contributed by atoms with Crippen LogP contribution in [0.2, 0.25) is 0 Å². The number of hydrogen-bond donors (Lipinski definition) is 0. The Bertz CT molecular complexity index is 1270. The van der Waals surface area contributed by atoms with Crippen LogP contribution in [0.15, 0.2) is 97.2 Å². The number of rotatable bonds is 6. The predicted octanol–water partition coefficient (Wildman–Crippen LogP) is 5.52. The van der Waals surface area contributed by atoms with Gasteiger partial charge in [-0.1, -0.05) is 72.8 Å². The van der Waals surface area contributed by atoms with Crippen molar-refractivity contribution in [2.45, 2.75) is 19.2 Å². The molecule has 1 aromatic heterocycles. The highest BCUT2D eigenvalue weighted by molar-refractivity contribution is 5.90. The number of anilines is 1. The summed E-state index contributed by atoms with van der Waals surface area (Å²) >= 11 is 0. The van der Waals surface area contributed by atoms with Crippen molar-refractivity contribution in [3.63, 3.8) is 0 Å². The Morgan fingerprint density at radius 2 is 1.52 bits per heavy atom. The van der Waals surface area contributed by atoms with Crippen molar-refractivity contribution in [2.24, 2.45) is 0 Å². The Morgan fingerprint density at radius 1 is 0.879 bits per heavy atom. The third-order valence-corrected chi connectivity index (χ3v) is 6.13. The maximum absolute atomic E-state index is 12.7. The second-order valence-corrected chi connectivity index (χ2v) is 7.98. The van der Waals surface area contributed by atoms with Gasteiger partial charge in [-0.25, -0.2) is 4.79 Å². The Kier molecular flexibility index (Phi) is 5.48. The molecule has 1 atom stereocenters. The first-order valence-electron chi connectivity index (χ1n) is 11.1. The van der Waals surface area contributed by atoms with Gasteiger partial charge in [-0.05, 0) is 30.7 Å². The van der Waals surface area contributed by atoms with Gasteiger partial charge in [0.05, 0.1) is 29.2 Å². The zero-order valence-corrected chi connectivity index (χ0v) is 18.8. The van der Waals surface area contributed by atoms with Crippen LogP contribution in [0.1, 0.15) is 34.1 Å². The van der Waals surface area contributed by atoms with Crippen LogP contribution in [-0.4, -0.2) is 24.3 Å². The molecule has 0 bridgehead atoms. The number of benzene rings is 3. The Balaban J connectivity index is 1.79. The first-order valence-corrected chi connectivity index (χ1v) is 11.1. The summed E-state index contributed by atoms with van der Waals surface area (Å²) in [7, 11) is 1.72. The molecule has 5 rings (SSSR count). The average Bonchev–Trinajstić information content (AvgIpc) is 3.32. The van der Waals surface area contributed by atoms with Crippen LogP contribution in [0.25, 0.3) is 5.69 Å². The van der Waals surface area contributed by atoms with Crippen LogP contribution in [0.4, 0.5) is 5.69 Å². The predicted molar refractivity (Wildman–Crippen MR) is 129 cm³/mol. The van der Waals surface area contributed by atoms with Gasteiger partial charge in [-0.2, -0.15) is 0 Å². The van der Waals surface area contributed by atoms with Crippen molar-refractivity contribution in [2.75, 3.05) is 18.6 Å². The third kappa shape index (κ3) is 3.41. The van der Waals surface area contributed by atoms with Gasteiger partial charge >= 0.3 is 5.97 Å². The molecule has 5 nitrogen and oxygen atoms in total. The molecule has 0 N–H and O–H groups in total. The van der Waals surface area contributed by atoms with Crippen molar-refractivity contribution < 1.29 is 14.3 Å². The van der Waals surface area contributed by atoms with Gasteiger partial charge < -0.3 is 18.9 Å². The van der Waals surface area contributed by atoms with Crippen LogP contribution in [0.5, 0.6) is 0 Å². The summed E-state index contributed by atoms with van der Waals surface area (Å²) in [5.74, 6) is -0.343. The lowest BCUT2D eigenvalue weighted by Crippen LogP contribution is -2.52. The monoisotopic (exact) mass is 438 g/mol. The van der Waals surface area contributed by atoms with E-state index in [1.54, 1.807) is 7.11 Å². The normalized spacial score (nSPS) is 16.7. The van der Waals surface area contributed by atoms with Crippen LogP contribution in [-0.2, 0) is 21.7 Å². The van der Waals surface area contributed by atoms with Crippen LogP contribution < -0.4 is 4.90 Å². The lowest BCUT2D eigenvalue weighted by Gasteiger charge is -2.48. The molecule has 166 valence electrons. The molecule has 0 amide bonds.